The standard InChI is InChI=1S/C9H20BN/c1-9(2,3)10-11-7-5-4-6-8-11/h10H,4-8H2,1-3H3. The second-order valence-electron chi connectivity index (χ2n) is 4.90. The molecule has 0 bridgehead atoms. The van der Waals surface area contributed by atoms with Crippen molar-refractivity contribution >= 4 is 7.41 Å². The Morgan fingerprint density at radius 1 is 1.00 bits per heavy atom. The zero-order valence-corrected chi connectivity index (χ0v) is 8.19. The van der Waals surface area contributed by atoms with Crippen LogP contribution in [0, 0.1) is 0 Å². The Morgan fingerprint density at radius 3 is 2.00 bits per heavy atom. The number of hydrogen-bond acceptors (Lipinski definition) is 1. The summed E-state index contributed by atoms with van der Waals surface area (Å²) in [5.41, 5.74) is 0. The van der Waals surface area contributed by atoms with Crippen LogP contribution >= 0.6 is 0 Å². The van der Waals surface area contributed by atoms with Gasteiger partial charge in [0, 0.05) is 0 Å². The number of rotatable bonds is 1. The third-order valence-electron chi connectivity index (χ3n) is 2.15. The second-order valence-corrected chi connectivity index (χ2v) is 4.90. The van der Waals surface area contributed by atoms with Gasteiger partial charge >= 0.3 is 0 Å². The third-order valence-corrected chi connectivity index (χ3v) is 2.15. The van der Waals surface area contributed by atoms with Gasteiger partial charge in [0.2, 0.25) is 7.41 Å². The van der Waals surface area contributed by atoms with Crippen molar-refractivity contribution < 1.29 is 0 Å². The van der Waals surface area contributed by atoms with Crippen LogP contribution in [0.1, 0.15) is 40.0 Å². The summed E-state index contributed by atoms with van der Waals surface area (Å²) in [4.78, 5) is 2.60. The molecule has 1 heterocycles. The molecule has 1 aliphatic heterocycles. The normalized spacial score (nSPS) is 21.7. The highest BCUT2D eigenvalue weighted by molar-refractivity contribution is 6.36. The van der Waals surface area contributed by atoms with Crippen molar-refractivity contribution in [2.75, 3.05) is 13.1 Å². The first-order chi connectivity index (χ1) is 5.08. The van der Waals surface area contributed by atoms with Crippen molar-refractivity contribution in [1.29, 1.82) is 0 Å². The molecule has 64 valence electrons. The van der Waals surface area contributed by atoms with Crippen LogP contribution in [0.25, 0.3) is 0 Å². The summed E-state index contributed by atoms with van der Waals surface area (Å²) in [6.07, 6.45) is 4.27. The van der Waals surface area contributed by atoms with E-state index in [4.69, 9.17) is 0 Å². The fourth-order valence-corrected chi connectivity index (χ4v) is 1.79. The molecule has 1 nitrogen and oxygen atoms in total. The van der Waals surface area contributed by atoms with E-state index in [0.717, 1.165) is 0 Å². The predicted octanol–water partition coefficient (Wildman–Crippen LogP) is 2.04. The summed E-state index contributed by atoms with van der Waals surface area (Å²) in [5.74, 6) is 0. The lowest BCUT2D eigenvalue weighted by Gasteiger charge is -2.31. The minimum atomic E-state index is 0.483. The fraction of sp³-hybridized carbons (Fsp3) is 1.00. The maximum absolute atomic E-state index is 2.60. The molecule has 1 fully saturated rings. The summed E-state index contributed by atoms with van der Waals surface area (Å²) in [6, 6.07) is 0. The number of hydrogen-bond donors (Lipinski definition) is 0. The summed E-state index contributed by atoms with van der Waals surface area (Å²) in [5, 5.41) is 0.483. The Bertz CT molecular complexity index is 111. The van der Waals surface area contributed by atoms with Crippen molar-refractivity contribution in [2.24, 2.45) is 0 Å². The largest absolute Gasteiger partial charge is 0.345 e. The van der Waals surface area contributed by atoms with Gasteiger partial charge in [0.05, 0.1) is 0 Å². The monoisotopic (exact) mass is 153 g/mol. The van der Waals surface area contributed by atoms with E-state index in [1.54, 1.807) is 0 Å². The molecule has 1 rings (SSSR count). The molecular formula is C9H20BN. The van der Waals surface area contributed by atoms with Gasteiger partial charge in [-0.3, -0.25) is 0 Å². The SMILES string of the molecule is CC(C)(C)BN1CCCCC1. The lowest BCUT2D eigenvalue weighted by Crippen LogP contribution is -2.37. The molecule has 0 aromatic rings. The van der Waals surface area contributed by atoms with Gasteiger partial charge in [-0.05, 0) is 31.2 Å². The Balaban J connectivity index is 2.24. The Morgan fingerprint density at radius 2 is 1.55 bits per heavy atom. The van der Waals surface area contributed by atoms with E-state index >= 15 is 0 Å². The van der Waals surface area contributed by atoms with Crippen LogP contribution in [-0.2, 0) is 0 Å². The summed E-state index contributed by atoms with van der Waals surface area (Å²) < 4.78 is 0. The van der Waals surface area contributed by atoms with E-state index in [1.165, 1.54) is 39.8 Å². The molecule has 0 radical (unpaired) electrons. The first-order valence-corrected chi connectivity index (χ1v) is 4.80. The van der Waals surface area contributed by atoms with Crippen LogP contribution in [0.5, 0.6) is 0 Å². The van der Waals surface area contributed by atoms with Gasteiger partial charge in [0.25, 0.3) is 0 Å². The van der Waals surface area contributed by atoms with E-state index < -0.39 is 0 Å². The molecule has 0 aromatic carbocycles. The first kappa shape index (κ1) is 9.12. The maximum atomic E-state index is 2.60. The Kier molecular flexibility index (Phi) is 3.00. The minimum Gasteiger partial charge on any atom is -0.345 e. The van der Waals surface area contributed by atoms with Crippen molar-refractivity contribution in [3.8, 4) is 0 Å². The predicted molar refractivity (Wildman–Crippen MR) is 52.3 cm³/mol. The topological polar surface area (TPSA) is 3.24 Å². The molecule has 0 aliphatic carbocycles. The molecule has 0 aromatic heterocycles. The minimum absolute atomic E-state index is 0.483. The maximum Gasteiger partial charge on any atom is 0.209 e. The van der Waals surface area contributed by atoms with Gasteiger partial charge in [-0.15, -0.1) is 0 Å². The molecule has 0 amide bonds. The van der Waals surface area contributed by atoms with E-state index in [1.807, 2.05) is 0 Å². The second kappa shape index (κ2) is 3.62. The molecule has 0 saturated carbocycles. The average Bonchev–Trinajstić information content (AvgIpc) is 1.85. The summed E-state index contributed by atoms with van der Waals surface area (Å²) in [7, 11) is 1.27. The van der Waals surface area contributed by atoms with Crippen molar-refractivity contribution in [1.82, 2.24) is 4.81 Å². The number of piperidine rings is 1. The van der Waals surface area contributed by atoms with Crippen LogP contribution in [-0.4, -0.2) is 25.3 Å². The highest BCUT2D eigenvalue weighted by atomic mass is 15.0. The highest BCUT2D eigenvalue weighted by Crippen LogP contribution is 2.23. The molecule has 0 N–H and O–H groups in total. The lowest BCUT2D eigenvalue weighted by atomic mass is 9.62. The molecule has 1 saturated heterocycles. The summed E-state index contributed by atoms with van der Waals surface area (Å²) >= 11 is 0. The van der Waals surface area contributed by atoms with Gasteiger partial charge in [-0.2, -0.15) is 0 Å². The average molecular weight is 153 g/mol. The zero-order chi connectivity index (χ0) is 8.32. The molecule has 11 heavy (non-hydrogen) atoms. The van der Waals surface area contributed by atoms with Crippen LogP contribution in [0.15, 0.2) is 0 Å². The van der Waals surface area contributed by atoms with E-state index in [0.29, 0.717) is 5.31 Å². The van der Waals surface area contributed by atoms with E-state index in [9.17, 15) is 0 Å². The molecule has 0 atom stereocenters. The Labute approximate surface area is 71.4 Å². The molecule has 0 unspecified atom stereocenters. The van der Waals surface area contributed by atoms with Crippen LogP contribution in [0.3, 0.4) is 0 Å². The summed E-state index contributed by atoms with van der Waals surface area (Å²) in [6.45, 7) is 9.62. The van der Waals surface area contributed by atoms with Gasteiger partial charge in [-0.25, -0.2) is 0 Å². The van der Waals surface area contributed by atoms with Gasteiger partial charge in [0.1, 0.15) is 0 Å². The Hall–Kier alpha value is 0.0249. The van der Waals surface area contributed by atoms with Crippen molar-refractivity contribution in [2.45, 2.75) is 45.3 Å². The first-order valence-electron chi connectivity index (χ1n) is 4.80. The molecule has 0 spiro atoms. The lowest BCUT2D eigenvalue weighted by molar-refractivity contribution is 0.350. The van der Waals surface area contributed by atoms with Gasteiger partial charge < -0.3 is 4.81 Å². The van der Waals surface area contributed by atoms with Gasteiger partial charge in [0.15, 0.2) is 0 Å². The van der Waals surface area contributed by atoms with Crippen molar-refractivity contribution in [3.05, 3.63) is 0 Å². The number of nitrogens with zero attached hydrogens (tertiary/aromatic N) is 1. The molecule has 2 heteroatoms. The van der Waals surface area contributed by atoms with Crippen LogP contribution in [0.4, 0.5) is 0 Å². The van der Waals surface area contributed by atoms with Crippen molar-refractivity contribution in [3.63, 3.8) is 0 Å². The smallest absolute Gasteiger partial charge is 0.209 e. The molecule has 1 aliphatic rings. The van der Waals surface area contributed by atoms with Crippen LogP contribution in [0.2, 0.25) is 5.31 Å². The fourth-order valence-electron chi connectivity index (χ4n) is 1.79. The zero-order valence-electron chi connectivity index (χ0n) is 8.19. The quantitative estimate of drug-likeness (QED) is 0.521. The molecular weight excluding hydrogens is 133 g/mol. The van der Waals surface area contributed by atoms with Gasteiger partial charge in [-0.1, -0.05) is 27.2 Å². The van der Waals surface area contributed by atoms with E-state index in [2.05, 4.69) is 25.6 Å². The van der Waals surface area contributed by atoms with Crippen LogP contribution < -0.4 is 0 Å². The third kappa shape index (κ3) is 3.81. The highest BCUT2D eigenvalue weighted by Gasteiger charge is 2.19. The van der Waals surface area contributed by atoms with E-state index in [-0.39, 0.29) is 0 Å².